The van der Waals surface area contributed by atoms with E-state index in [0.29, 0.717) is 52.9 Å². The van der Waals surface area contributed by atoms with Crippen LogP contribution in [0, 0.1) is 0 Å². The van der Waals surface area contributed by atoms with Crippen molar-refractivity contribution in [3.63, 3.8) is 0 Å². The molecule has 0 N–H and O–H groups in total. The van der Waals surface area contributed by atoms with Gasteiger partial charge in [-0.3, -0.25) is 9.80 Å². The highest BCUT2D eigenvalue weighted by Gasteiger charge is 2.36. The molecule has 0 atom stereocenters. The van der Waals surface area contributed by atoms with Crippen LogP contribution >= 0.6 is 0 Å². The average Bonchev–Trinajstić information content (AvgIpc) is 3.14. The molecule has 0 aromatic heterocycles. The second-order valence-electron chi connectivity index (χ2n) is 17.0. The molecule has 9 aliphatic rings. The zero-order chi connectivity index (χ0) is 38.0. The van der Waals surface area contributed by atoms with Crippen LogP contribution in [0.3, 0.4) is 0 Å². The molecule has 2 saturated heterocycles. The highest BCUT2D eigenvalue weighted by Crippen LogP contribution is 2.26. The molecule has 4 aromatic carbocycles. The van der Waals surface area contributed by atoms with Gasteiger partial charge in [0, 0.05) is 37.3 Å². The van der Waals surface area contributed by atoms with Crippen molar-refractivity contribution in [2.45, 2.75) is 78.8 Å². The Kier molecular flexibility index (Phi) is 10.5. The highest BCUT2D eigenvalue weighted by atomic mass is 16.2. The Balaban J connectivity index is 1.17. The fourth-order valence-electron chi connectivity index (χ4n) is 7.08. The van der Waals surface area contributed by atoms with Crippen molar-refractivity contribution < 1.29 is 9.59 Å². The third-order valence-electron chi connectivity index (χ3n) is 10.7. The lowest BCUT2D eigenvalue weighted by molar-refractivity contribution is -0.0206. The van der Waals surface area contributed by atoms with E-state index in [4.69, 9.17) is 0 Å². The number of nitrogens with zero attached hydrogens (tertiary/aromatic N) is 6. The van der Waals surface area contributed by atoms with Crippen LogP contribution in [-0.2, 0) is 26.2 Å². The Labute approximate surface area is 321 Å². The van der Waals surface area contributed by atoms with Gasteiger partial charge in [-0.05, 0) is 86.1 Å². The highest BCUT2D eigenvalue weighted by molar-refractivity contribution is 5.76. The quantitative estimate of drug-likeness (QED) is 0.182. The maximum atomic E-state index is 13.9. The van der Waals surface area contributed by atoms with Crippen molar-refractivity contribution in [1.82, 2.24) is 29.4 Å². The van der Waals surface area contributed by atoms with E-state index in [1.54, 1.807) is 0 Å². The summed E-state index contributed by atoms with van der Waals surface area (Å²) in [6, 6.07) is 34.0. The molecular weight excluding hydrogens is 669 g/mol. The molecule has 0 unspecified atom stereocenters. The number of urea groups is 2. The van der Waals surface area contributed by atoms with Gasteiger partial charge in [-0.15, -0.1) is 0 Å². The standard InChI is InChI=1S/C46H54N6O2/c1-45(2,3)51-31-47-27-39-19-11-35(12-20-39)7-9-37-15-23-41(24-16-37)29-49-33-52(46(4,5)6)34-50(44(49)54)30-42-25-17-38(18-26-42)10-8-36-13-21-40(22-14-36)28-48(32-51)43(47)53/h7-26H,27-34H2,1-6H3/b9-7+,10-8+. The molecule has 0 radical (unpaired) electrons. The maximum absolute atomic E-state index is 13.9. The monoisotopic (exact) mass is 722 g/mol. The van der Waals surface area contributed by atoms with Gasteiger partial charge in [0.1, 0.15) is 0 Å². The van der Waals surface area contributed by atoms with Crippen LogP contribution in [0.15, 0.2) is 97.1 Å². The van der Waals surface area contributed by atoms with Gasteiger partial charge in [-0.1, -0.05) is 121 Å². The first-order valence-electron chi connectivity index (χ1n) is 19.1. The number of carbonyl (C=O) groups excluding carboxylic acids is 2. The molecule has 9 aliphatic heterocycles. The number of carbonyl (C=O) groups is 2. The topological polar surface area (TPSA) is 53.6 Å². The summed E-state index contributed by atoms with van der Waals surface area (Å²) in [4.78, 5) is 40.3. The van der Waals surface area contributed by atoms with Crippen LogP contribution in [-0.4, -0.2) is 79.2 Å². The lowest BCUT2D eigenvalue weighted by atomic mass is 10.1. The van der Waals surface area contributed by atoms with Crippen molar-refractivity contribution in [2.24, 2.45) is 0 Å². The number of hydrogen-bond donors (Lipinski definition) is 0. The summed E-state index contributed by atoms with van der Waals surface area (Å²) in [5, 5.41) is 0. The third kappa shape index (κ3) is 8.95. The minimum absolute atomic E-state index is 0.0584. The first-order valence-corrected chi connectivity index (χ1v) is 19.1. The second-order valence-corrected chi connectivity index (χ2v) is 17.0. The molecule has 12 bridgehead atoms. The van der Waals surface area contributed by atoms with E-state index in [-0.39, 0.29) is 23.1 Å². The summed E-state index contributed by atoms with van der Waals surface area (Å²) in [6.45, 7) is 17.8. The minimum Gasteiger partial charge on any atom is -0.307 e. The van der Waals surface area contributed by atoms with Crippen molar-refractivity contribution in [3.8, 4) is 0 Å². The molecule has 13 rings (SSSR count). The molecule has 0 spiro atoms. The van der Waals surface area contributed by atoms with Crippen LogP contribution in [0.25, 0.3) is 24.3 Å². The zero-order valence-corrected chi connectivity index (χ0v) is 32.7. The molecule has 0 aliphatic carbocycles. The smallest absolute Gasteiger partial charge is 0.307 e. The Hall–Kier alpha value is -5.18. The van der Waals surface area contributed by atoms with Crippen LogP contribution < -0.4 is 0 Å². The molecule has 2 fully saturated rings. The average molecular weight is 723 g/mol. The minimum atomic E-state index is -0.0903. The number of rotatable bonds is 0. The third-order valence-corrected chi connectivity index (χ3v) is 10.7. The van der Waals surface area contributed by atoms with Crippen LogP contribution in [0.4, 0.5) is 9.59 Å². The van der Waals surface area contributed by atoms with E-state index in [2.05, 4.69) is 173 Å². The fraction of sp³-hybridized carbons (Fsp3) is 0.348. The Bertz CT molecular complexity index is 1710. The van der Waals surface area contributed by atoms with Crippen LogP contribution in [0.5, 0.6) is 0 Å². The predicted molar refractivity (Wildman–Crippen MR) is 219 cm³/mol. The van der Waals surface area contributed by atoms with Gasteiger partial charge in [0.05, 0.1) is 26.7 Å². The molecule has 8 heteroatoms. The van der Waals surface area contributed by atoms with Gasteiger partial charge in [-0.25, -0.2) is 9.59 Å². The Morgan fingerprint density at radius 2 is 0.556 bits per heavy atom. The van der Waals surface area contributed by atoms with Crippen molar-refractivity contribution in [3.05, 3.63) is 142 Å². The summed E-state index contributed by atoms with van der Waals surface area (Å²) in [6.07, 6.45) is 8.48. The summed E-state index contributed by atoms with van der Waals surface area (Å²) in [7, 11) is 0. The molecule has 0 saturated carbocycles. The Morgan fingerprint density at radius 3 is 0.741 bits per heavy atom. The molecule has 280 valence electrons. The second kappa shape index (κ2) is 15.3. The molecule has 4 amide bonds. The molecule has 8 nitrogen and oxygen atoms in total. The fourth-order valence-corrected chi connectivity index (χ4v) is 7.08. The van der Waals surface area contributed by atoms with Crippen LogP contribution in [0.1, 0.15) is 86.1 Å². The molecule has 9 heterocycles. The predicted octanol–water partition coefficient (Wildman–Crippen LogP) is 9.25. The lowest BCUT2D eigenvalue weighted by Gasteiger charge is -2.47. The van der Waals surface area contributed by atoms with E-state index < -0.39 is 0 Å². The van der Waals surface area contributed by atoms with Crippen molar-refractivity contribution in [1.29, 1.82) is 0 Å². The number of benzene rings is 4. The summed E-state index contributed by atoms with van der Waals surface area (Å²) in [5.41, 5.74) is 8.60. The Morgan fingerprint density at radius 1 is 0.352 bits per heavy atom. The molecule has 4 aromatic rings. The largest absolute Gasteiger partial charge is 0.322 e. The SMILES string of the molecule is CC(C)(C)N1CN2Cc3ccc(cc3)/C=C/c3ccc(cc3)CN3CN(C(C)(C)C)CN(Cc4ccc(cc4)/C=C/c4ccc(cc4)CN(C1)C2=O)C3=O. The summed E-state index contributed by atoms with van der Waals surface area (Å²) in [5.74, 6) is 0. The van der Waals surface area contributed by atoms with Gasteiger partial charge in [0.25, 0.3) is 0 Å². The van der Waals surface area contributed by atoms with Gasteiger partial charge in [-0.2, -0.15) is 0 Å². The zero-order valence-electron chi connectivity index (χ0n) is 32.7. The number of hydrogen-bond acceptors (Lipinski definition) is 4. The van der Waals surface area contributed by atoms with Gasteiger partial charge in [0.15, 0.2) is 0 Å². The van der Waals surface area contributed by atoms with Gasteiger partial charge >= 0.3 is 12.1 Å². The maximum Gasteiger partial charge on any atom is 0.322 e. The normalized spacial score (nSPS) is 19.1. The lowest BCUT2D eigenvalue weighted by Crippen LogP contribution is -2.61. The van der Waals surface area contributed by atoms with E-state index in [1.165, 1.54) is 0 Å². The van der Waals surface area contributed by atoms with Crippen molar-refractivity contribution in [2.75, 3.05) is 26.7 Å². The van der Waals surface area contributed by atoms with E-state index in [0.717, 1.165) is 44.5 Å². The first kappa shape index (κ1) is 37.1. The summed E-state index contributed by atoms with van der Waals surface area (Å²) >= 11 is 0. The van der Waals surface area contributed by atoms with E-state index in [9.17, 15) is 9.59 Å². The van der Waals surface area contributed by atoms with Gasteiger partial charge in [0.2, 0.25) is 0 Å². The van der Waals surface area contributed by atoms with Crippen molar-refractivity contribution >= 4 is 36.4 Å². The first-order chi connectivity index (χ1) is 25.8. The van der Waals surface area contributed by atoms with Crippen LogP contribution in [0.2, 0.25) is 0 Å². The van der Waals surface area contributed by atoms with E-state index >= 15 is 0 Å². The number of amides is 4. The molecular formula is C46H54N6O2. The molecule has 54 heavy (non-hydrogen) atoms. The summed E-state index contributed by atoms with van der Waals surface area (Å²) < 4.78 is 0. The van der Waals surface area contributed by atoms with E-state index in [1.807, 2.05) is 19.6 Å². The van der Waals surface area contributed by atoms with Gasteiger partial charge < -0.3 is 19.6 Å².